The summed E-state index contributed by atoms with van der Waals surface area (Å²) in [7, 11) is 0. The Morgan fingerprint density at radius 2 is 2.33 bits per heavy atom. The molecule has 0 bridgehead atoms. The Morgan fingerprint density at radius 3 is 3.00 bits per heavy atom. The number of rotatable bonds is 2. The lowest BCUT2D eigenvalue weighted by Gasteiger charge is -2.37. The van der Waals surface area contributed by atoms with Crippen molar-refractivity contribution in [3.8, 4) is 0 Å². The van der Waals surface area contributed by atoms with Gasteiger partial charge in [0.05, 0.1) is 11.4 Å². The van der Waals surface area contributed by atoms with E-state index in [0.717, 1.165) is 39.0 Å². The first-order valence-corrected chi connectivity index (χ1v) is 6.64. The highest BCUT2D eigenvalue weighted by atomic mass is 79.9. The standard InChI is InChI=1S/C11H18BrNO2/c1-8(9-4-6-15-7-9)13-5-2-3-10(12)11(13)14/h8-10H,2-7H2,1H3. The van der Waals surface area contributed by atoms with E-state index in [-0.39, 0.29) is 10.7 Å². The molecule has 0 spiro atoms. The van der Waals surface area contributed by atoms with E-state index in [1.165, 1.54) is 0 Å². The van der Waals surface area contributed by atoms with Gasteiger partial charge in [-0.2, -0.15) is 0 Å². The average molecular weight is 276 g/mol. The molecule has 2 rings (SSSR count). The number of hydrogen-bond acceptors (Lipinski definition) is 2. The van der Waals surface area contributed by atoms with E-state index >= 15 is 0 Å². The lowest BCUT2D eigenvalue weighted by atomic mass is 9.96. The molecule has 0 saturated carbocycles. The zero-order chi connectivity index (χ0) is 10.8. The summed E-state index contributed by atoms with van der Waals surface area (Å²) in [6.07, 6.45) is 3.18. The van der Waals surface area contributed by atoms with Crippen LogP contribution in [-0.4, -0.2) is 41.4 Å². The van der Waals surface area contributed by atoms with Crippen molar-refractivity contribution in [1.29, 1.82) is 0 Å². The summed E-state index contributed by atoms with van der Waals surface area (Å²) < 4.78 is 5.38. The van der Waals surface area contributed by atoms with Crippen LogP contribution in [-0.2, 0) is 9.53 Å². The molecular formula is C11H18BrNO2. The highest BCUT2D eigenvalue weighted by Gasteiger charge is 2.34. The number of nitrogens with zero attached hydrogens (tertiary/aromatic N) is 1. The molecule has 15 heavy (non-hydrogen) atoms. The molecule has 0 N–H and O–H groups in total. The van der Waals surface area contributed by atoms with Gasteiger partial charge in [0, 0.05) is 25.1 Å². The van der Waals surface area contributed by atoms with Crippen LogP contribution in [0, 0.1) is 5.92 Å². The molecule has 2 aliphatic heterocycles. The predicted molar refractivity (Wildman–Crippen MR) is 62.1 cm³/mol. The van der Waals surface area contributed by atoms with E-state index in [9.17, 15) is 4.79 Å². The van der Waals surface area contributed by atoms with E-state index in [1.54, 1.807) is 0 Å². The van der Waals surface area contributed by atoms with Gasteiger partial charge < -0.3 is 9.64 Å². The second-order valence-electron chi connectivity index (χ2n) is 4.51. The van der Waals surface area contributed by atoms with Crippen LogP contribution >= 0.6 is 15.9 Å². The van der Waals surface area contributed by atoms with E-state index in [2.05, 4.69) is 22.9 Å². The molecule has 1 amide bonds. The van der Waals surface area contributed by atoms with Gasteiger partial charge in [0.25, 0.3) is 0 Å². The Labute approximate surface area is 99.3 Å². The number of alkyl halides is 1. The van der Waals surface area contributed by atoms with Gasteiger partial charge in [0.1, 0.15) is 0 Å². The summed E-state index contributed by atoms with van der Waals surface area (Å²) in [4.78, 5) is 14.0. The number of likely N-dealkylation sites (tertiary alicyclic amines) is 1. The van der Waals surface area contributed by atoms with Gasteiger partial charge in [0.15, 0.2) is 0 Å². The molecule has 2 heterocycles. The molecule has 2 aliphatic rings. The summed E-state index contributed by atoms with van der Waals surface area (Å²) >= 11 is 3.45. The minimum atomic E-state index is 0.0380. The maximum atomic E-state index is 12.0. The number of carbonyl (C=O) groups excluding carboxylic acids is 1. The third-order valence-electron chi connectivity index (χ3n) is 3.55. The van der Waals surface area contributed by atoms with Gasteiger partial charge in [-0.15, -0.1) is 0 Å². The second kappa shape index (κ2) is 4.83. The van der Waals surface area contributed by atoms with Gasteiger partial charge in [-0.1, -0.05) is 15.9 Å². The van der Waals surface area contributed by atoms with E-state index < -0.39 is 0 Å². The predicted octanol–water partition coefficient (Wildman–Crippen LogP) is 1.80. The Hall–Kier alpha value is -0.0900. The first-order chi connectivity index (χ1) is 7.20. The monoisotopic (exact) mass is 275 g/mol. The molecule has 3 nitrogen and oxygen atoms in total. The zero-order valence-electron chi connectivity index (χ0n) is 9.12. The first-order valence-electron chi connectivity index (χ1n) is 5.72. The summed E-state index contributed by atoms with van der Waals surface area (Å²) in [6, 6.07) is 0.334. The topological polar surface area (TPSA) is 29.5 Å². The van der Waals surface area contributed by atoms with Crippen molar-refractivity contribution in [3.63, 3.8) is 0 Å². The summed E-state index contributed by atoms with van der Waals surface area (Å²) in [5.41, 5.74) is 0. The molecule has 2 fully saturated rings. The quantitative estimate of drug-likeness (QED) is 0.720. The van der Waals surface area contributed by atoms with E-state index in [4.69, 9.17) is 4.74 Å². The zero-order valence-corrected chi connectivity index (χ0v) is 10.7. The van der Waals surface area contributed by atoms with Crippen molar-refractivity contribution >= 4 is 21.8 Å². The van der Waals surface area contributed by atoms with Crippen LogP contribution in [0.1, 0.15) is 26.2 Å². The van der Waals surface area contributed by atoms with Crippen LogP contribution in [0.25, 0.3) is 0 Å². The number of piperidine rings is 1. The molecule has 0 aromatic carbocycles. The molecule has 86 valence electrons. The summed E-state index contributed by atoms with van der Waals surface area (Å²) in [6.45, 7) is 4.74. The average Bonchev–Trinajstić information content (AvgIpc) is 2.74. The van der Waals surface area contributed by atoms with Crippen LogP contribution in [0.3, 0.4) is 0 Å². The number of hydrogen-bond donors (Lipinski definition) is 0. The third kappa shape index (κ3) is 2.36. The lowest BCUT2D eigenvalue weighted by molar-refractivity contribution is -0.135. The van der Waals surface area contributed by atoms with Crippen molar-refractivity contribution in [1.82, 2.24) is 4.90 Å². The molecule has 3 unspecified atom stereocenters. The summed E-state index contributed by atoms with van der Waals surface area (Å²) in [5.74, 6) is 0.799. The highest BCUT2D eigenvalue weighted by molar-refractivity contribution is 9.10. The molecule has 0 aliphatic carbocycles. The summed E-state index contributed by atoms with van der Waals surface area (Å²) in [5, 5.41) is 0. The van der Waals surface area contributed by atoms with Crippen molar-refractivity contribution < 1.29 is 9.53 Å². The Balaban J connectivity index is 1.98. The van der Waals surface area contributed by atoms with Gasteiger partial charge in [-0.05, 0) is 26.2 Å². The number of ether oxygens (including phenoxy) is 1. The fourth-order valence-corrected chi connectivity index (χ4v) is 3.03. The smallest absolute Gasteiger partial charge is 0.236 e. The highest BCUT2D eigenvalue weighted by Crippen LogP contribution is 2.26. The molecular weight excluding hydrogens is 258 g/mol. The molecule has 0 radical (unpaired) electrons. The van der Waals surface area contributed by atoms with Crippen molar-refractivity contribution in [2.75, 3.05) is 19.8 Å². The Morgan fingerprint density at radius 1 is 1.53 bits per heavy atom. The minimum Gasteiger partial charge on any atom is -0.381 e. The molecule has 0 aromatic heterocycles. The van der Waals surface area contributed by atoms with Crippen molar-refractivity contribution in [2.24, 2.45) is 5.92 Å². The number of carbonyl (C=O) groups is 1. The van der Waals surface area contributed by atoms with Crippen LogP contribution in [0.4, 0.5) is 0 Å². The normalized spacial score (nSPS) is 34.5. The minimum absolute atomic E-state index is 0.0380. The van der Waals surface area contributed by atoms with Gasteiger partial charge in [-0.3, -0.25) is 4.79 Å². The fraction of sp³-hybridized carbons (Fsp3) is 0.909. The van der Waals surface area contributed by atoms with Gasteiger partial charge in [-0.25, -0.2) is 0 Å². The Kier molecular flexibility index (Phi) is 3.67. The number of amides is 1. The lowest BCUT2D eigenvalue weighted by Crippen LogP contribution is -2.49. The molecule has 4 heteroatoms. The van der Waals surface area contributed by atoms with Gasteiger partial charge in [0.2, 0.25) is 5.91 Å². The Bertz CT molecular complexity index is 241. The largest absolute Gasteiger partial charge is 0.381 e. The van der Waals surface area contributed by atoms with E-state index in [1.807, 2.05) is 4.90 Å². The second-order valence-corrected chi connectivity index (χ2v) is 5.61. The van der Waals surface area contributed by atoms with Gasteiger partial charge >= 0.3 is 0 Å². The maximum absolute atomic E-state index is 12.0. The van der Waals surface area contributed by atoms with E-state index in [0.29, 0.717) is 12.0 Å². The first kappa shape index (κ1) is 11.4. The van der Waals surface area contributed by atoms with Crippen LogP contribution < -0.4 is 0 Å². The van der Waals surface area contributed by atoms with Crippen molar-refractivity contribution in [2.45, 2.75) is 37.1 Å². The number of halogens is 1. The SMILES string of the molecule is CC(C1CCOC1)N1CCCC(Br)C1=O. The maximum Gasteiger partial charge on any atom is 0.236 e. The molecule has 3 atom stereocenters. The third-order valence-corrected chi connectivity index (χ3v) is 4.40. The van der Waals surface area contributed by atoms with Crippen LogP contribution in [0.2, 0.25) is 0 Å². The van der Waals surface area contributed by atoms with Crippen molar-refractivity contribution in [3.05, 3.63) is 0 Å². The fourth-order valence-electron chi connectivity index (χ4n) is 2.45. The van der Waals surface area contributed by atoms with Crippen LogP contribution in [0.15, 0.2) is 0 Å². The molecule has 0 aromatic rings. The molecule has 2 saturated heterocycles. The van der Waals surface area contributed by atoms with Crippen LogP contribution in [0.5, 0.6) is 0 Å².